The van der Waals surface area contributed by atoms with E-state index in [9.17, 15) is 13.2 Å². The first-order valence-electron chi connectivity index (χ1n) is 6.41. The lowest BCUT2D eigenvalue weighted by molar-refractivity contribution is -0.191. The summed E-state index contributed by atoms with van der Waals surface area (Å²) in [7, 11) is 0. The van der Waals surface area contributed by atoms with Crippen molar-refractivity contribution in [3.63, 3.8) is 0 Å². The first-order chi connectivity index (χ1) is 9.39. The lowest BCUT2D eigenvalue weighted by Crippen LogP contribution is -2.51. The monoisotopic (exact) mass is 289 g/mol. The Balaban J connectivity index is 2.24. The van der Waals surface area contributed by atoms with Crippen LogP contribution in [-0.2, 0) is 11.2 Å². The molecule has 0 spiro atoms. The van der Waals surface area contributed by atoms with Crippen molar-refractivity contribution >= 4 is 11.4 Å². The Kier molecular flexibility index (Phi) is 4.39. The van der Waals surface area contributed by atoms with Crippen LogP contribution in [0.4, 0.5) is 24.5 Å². The molecule has 1 aromatic rings. The number of alkyl halides is 3. The highest BCUT2D eigenvalue weighted by Gasteiger charge is 2.44. The minimum Gasteiger partial charge on any atom is -0.398 e. The number of hydrogen-bond acceptors (Lipinski definition) is 4. The molecule has 0 bridgehead atoms. The molecular formula is C13H18F3N3O. The number of benzene rings is 1. The van der Waals surface area contributed by atoms with Crippen LogP contribution in [0.25, 0.3) is 0 Å². The number of halogens is 3. The Morgan fingerprint density at radius 1 is 1.15 bits per heavy atom. The molecule has 4 nitrogen and oxygen atoms in total. The Morgan fingerprint density at radius 3 is 2.20 bits per heavy atom. The number of nitrogens with zero attached hydrogens (tertiary/aromatic N) is 1. The molecule has 0 amide bonds. The molecule has 2 rings (SSSR count). The van der Waals surface area contributed by atoms with Crippen LogP contribution < -0.4 is 11.5 Å². The molecule has 1 saturated heterocycles. The fraction of sp³-hybridized carbons (Fsp3) is 0.538. The lowest BCUT2D eigenvalue weighted by atomic mass is 10.0. The molecule has 0 aromatic heterocycles. The molecule has 1 heterocycles. The zero-order valence-electron chi connectivity index (χ0n) is 11.0. The summed E-state index contributed by atoms with van der Waals surface area (Å²) in [5.41, 5.74) is 12.5. The number of anilines is 2. The molecule has 1 aromatic carbocycles. The van der Waals surface area contributed by atoms with Gasteiger partial charge in [-0.05, 0) is 17.7 Å². The molecule has 1 aliphatic heterocycles. The van der Waals surface area contributed by atoms with Gasteiger partial charge in [0.15, 0.2) is 0 Å². The second-order valence-corrected chi connectivity index (χ2v) is 4.82. The van der Waals surface area contributed by atoms with Gasteiger partial charge in [-0.3, -0.25) is 4.90 Å². The Bertz CT molecular complexity index is 438. The summed E-state index contributed by atoms with van der Waals surface area (Å²) in [5.74, 6) is 0. The second-order valence-electron chi connectivity index (χ2n) is 4.82. The van der Waals surface area contributed by atoms with E-state index in [-0.39, 0.29) is 19.5 Å². The smallest absolute Gasteiger partial charge is 0.398 e. The molecule has 1 atom stereocenters. The summed E-state index contributed by atoms with van der Waals surface area (Å²) in [6, 6.07) is 3.18. The standard InChI is InChI=1S/C13H18F3N3O/c14-13(15,16)12(19-4-6-20-7-5-19)8-9-10(17)2-1-3-11(9)18/h1-3,12H,4-8,17-18H2. The van der Waals surface area contributed by atoms with Crippen molar-refractivity contribution in [2.75, 3.05) is 37.8 Å². The fourth-order valence-corrected chi connectivity index (χ4v) is 2.39. The largest absolute Gasteiger partial charge is 0.404 e. The van der Waals surface area contributed by atoms with Gasteiger partial charge < -0.3 is 16.2 Å². The third-order valence-corrected chi connectivity index (χ3v) is 3.51. The van der Waals surface area contributed by atoms with Gasteiger partial charge in [-0.15, -0.1) is 0 Å². The fourth-order valence-electron chi connectivity index (χ4n) is 2.39. The van der Waals surface area contributed by atoms with Gasteiger partial charge in [-0.1, -0.05) is 6.07 Å². The normalized spacial score (nSPS) is 18.9. The van der Waals surface area contributed by atoms with E-state index in [4.69, 9.17) is 16.2 Å². The van der Waals surface area contributed by atoms with Gasteiger partial charge in [0, 0.05) is 30.9 Å². The van der Waals surface area contributed by atoms with Crippen LogP contribution in [0.2, 0.25) is 0 Å². The van der Waals surface area contributed by atoms with Crippen molar-refractivity contribution in [3.05, 3.63) is 23.8 Å². The average molecular weight is 289 g/mol. The number of rotatable bonds is 3. The minimum absolute atomic E-state index is 0.234. The number of hydrogen-bond donors (Lipinski definition) is 2. The maximum Gasteiger partial charge on any atom is 0.404 e. The molecule has 1 unspecified atom stereocenters. The van der Waals surface area contributed by atoms with Gasteiger partial charge in [0.2, 0.25) is 0 Å². The van der Waals surface area contributed by atoms with Gasteiger partial charge >= 0.3 is 6.18 Å². The highest BCUT2D eigenvalue weighted by Crippen LogP contribution is 2.31. The first kappa shape index (κ1) is 14.9. The van der Waals surface area contributed by atoms with Crippen molar-refractivity contribution in [3.8, 4) is 0 Å². The number of nitrogen functional groups attached to an aromatic ring is 2. The predicted octanol–water partition coefficient (Wildman–Crippen LogP) is 1.66. The van der Waals surface area contributed by atoms with Crippen molar-refractivity contribution in [2.24, 2.45) is 0 Å². The third kappa shape index (κ3) is 3.34. The van der Waals surface area contributed by atoms with Gasteiger partial charge in [0.1, 0.15) is 6.04 Å². The maximum absolute atomic E-state index is 13.3. The minimum atomic E-state index is -4.33. The van der Waals surface area contributed by atoms with Crippen LogP contribution in [0.5, 0.6) is 0 Å². The lowest BCUT2D eigenvalue weighted by Gasteiger charge is -2.36. The summed E-state index contributed by atoms with van der Waals surface area (Å²) >= 11 is 0. The zero-order chi connectivity index (χ0) is 14.8. The quantitative estimate of drug-likeness (QED) is 0.831. The van der Waals surface area contributed by atoms with E-state index in [1.165, 1.54) is 4.90 Å². The van der Waals surface area contributed by atoms with Crippen LogP contribution in [0.1, 0.15) is 5.56 Å². The topological polar surface area (TPSA) is 64.5 Å². The summed E-state index contributed by atoms with van der Waals surface area (Å²) < 4.78 is 45.0. The highest BCUT2D eigenvalue weighted by molar-refractivity contribution is 5.61. The average Bonchev–Trinajstić information content (AvgIpc) is 2.38. The molecule has 4 N–H and O–H groups in total. The van der Waals surface area contributed by atoms with E-state index in [0.29, 0.717) is 30.2 Å². The van der Waals surface area contributed by atoms with Gasteiger partial charge in [0.25, 0.3) is 0 Å². The van der Waals surface area contributed by atoms with E-state index >= 15 is 0 Å². The SMILES string of the molecule is Nc1cccc(N)c1CC(N1CCOCC1)C(F)(F)F. The van der Waals surface area contributed by atoms with Crippen LogP contribution >= 0.6 is 0 Å². The van der Waals surface area contributed by atoms with E-state index in [0.717, 1.165) is 0 Å². The Morgan fingerprint density at radius 2 is 1.70 bits per heavy atom. The molecule has 0 aliphatic carbocycles. The van der Waals surface area contributed by atoms with Crippen LogP contribution in [0, 0.1) is 0 Å². The van der Waals surface area contributed by atoms with E-state index in [1.54, 1.807) is 18.2 Å². The Hall–Kier alpha value is -1.47. The van der Waals surface area contributed by atoms with Crippen LogP contribution in [0.3, 0.4) is 0 Å². The zero-order valence-corrected chi connectivity index (χ0v) is 11.0. The summed E-state index contributed by atoms with van der Waals surface area (Å²) in [5, 5.41) is 0. The van der Waals surface area contributed by atoms with E-state index in [2.05, 4.69) is 0 Å². The first-order valence-corrected chi connectivity index (χ1v) is 6.41. The molecule has 112 valence electrons. The number of nitrogens with two attached hydrogens (primary N) is 2. The summed E-state index contributed by atoms with van der Waals surface area (Å²) in [6.45, 7) is 1.15. The maximum atomic E-state index is 13.3. The molecule has 0 saturated carbocycles. The van der Waals surface area contributed by atoms with Gasteiger partial charge in [-0.25, -0.2) is 0 Å². The van der Waals surface area contributed by atoms with E-state index in [1.807, 2.05) is 0 Å². The van der Waals surface area contributed by atoms with Crippen molar-refractivity contribution in [1.82, 2.24) is 4.90 Å². The molecule has 20 heavy (non-hydrogen) atoms. The van der Waals surface area contributed by atoms with Gasteiger partial charge in [0.05, 0.1) is 13.2 Å². The molecular weight excluding hydrogens is 271 g/mol. The number of morpholine rings is 1. The summed E-state index contributed by atoms with van der Waals surface area (Å²) in [4.78, 5) is 1.38. The number of ether oxygens (including phenoxy) is 1. The Labute approximate surface area is 115 Å². The highest BCUT2D eigenvalue weighted by atomic mass is 19.4. The molecule has 1 fully saturated rings. The summed E-state index contributed by atoms with van der Waals surface area (Å²) in [6.07, 6.45) is -4.56. The molecule has 1 aliphatic rings. The van der Waals surface area contributed by atoms with Crippen molar-refractivity contribution in [2.45, 2.75) is 18.6 Å². The van der Waals surface area contributed by atoms with Crippen LogP contribution in [-0.4, -0.2) is 43.4 Å². The molecule has 7 heteroatoms. The van der Waals surface area contributed by atoms with Gasteiger partial charge in [-0.2, -0.15) is 13.2 Å². The van der Waals surface area contributed by atoms with E-state index < -0.39 is 12.2 Å². The predicted molar refractivity (Wildman–Crippen MR) is 71.2 cm³/mol. The van der Waals surface area contributed by atoms with Crippen molar-refractivity contribution < 1.29 is 17.9 Å². The second kappa shape index (κ2) is 5.88. The van der Waals surface area contributed by atoms with Crippen LogP contribution in [0.15, 0.2) is 18.2 Å². The van der Waals surface area contributed by atoms with Crippen molar-refractivity contribution in [1.29, 1.82) is 0 Å². The molecule has 0 radical (unpaired) electrons. The third-order valence-electron chi connectivity index (χ3n) is 3.51.